The lowest BCUT2D eigenvalue weighted by molar-refractivity contribution is 0.472. The summed E-state index contributed by atoms with van der Waals surface area (Å²) in [7, 11) is 0. The summed E-state index contributed by atoms with van der Waals surface area (Å²) in [5.41, 5.74) is 0.333. The van der Waals surface area contributed by atoms with Gasteiger partial charge >= 0.3 is 0 Å². The zero-order valence-electron chi connectivity index (χ0n) is 4.87. The Balaban J connectivity index is 3.25. The van der Waals surface area contributed by atoms with Gasteiger partial charge in [-0.25, -0.2) is 4.98 Å². The van der Waals surface area contributed by atoms with Crippen LogP contribution in [-0.4, -0.2) is 10.1 Å². The van der Waals surface area contributed by atoms with Gasteiger partial charge in [0.15, 0.2) is 0 Å². The van der Waals surface area contributed by atoms with Crippen LogP contribution in [0.3, 0.4) is 0 Å². The van der Waals surface area contributed by atoms with Crippen molar-refractivity contribution in [3.8, 4) is 11.8 Å². The minimum absolute atomic E-state index is 0.000231. The third kappa shape index (κ3) is 1.25. The molecule has 50 valence electrons. The van der Waals surface area contributed by atoms with E-state index < -0.39 is 0 Å². The summed E-state index contributed by atoms with van der Waals surface area (Å²) < 4.78 is 0.452. The quantitative estimate of drug-likeness (QED) is 0.642. The molecule has 10 heavy (non-hydrogen) atoms. The molecule has 0 unspecified atom stereocenters. The number of nitriles is 1. The highest BCUT2D eigenvalue weighted by Gasteiger charge is 1.99. The Morgan fingerprint density at radius 2 is 2.40 bits per heavy atom. The molecule has 0 aliphatic carbocycles. The van der Waals surface area contributed by atoms with Gasteiger partial charge in [-0.15, -0.1) is 0 Å². The normalized spacial score (nSPS) is 8.80. The Hall–Kier alpha value is -1.08. The fourth-order valence-electron chi connectivity index (χ4n) is 0.515. The van der Waals surface area contributed by atoms with E-state index in [1.165, 1.54) is 12.3 Å². The maximum absolute atomic E-state index is 8.83. The minimum Gasteiger partial charge on any atom is -0.506 e. The van der Waals surface area contributed by atoms with Gasteiger partial charge in [-0.2, -0.15) is 5.26 Å². The maximum Gasteiger partial charge on any atom is 0.135 e. The highest BCUT2D eigenvalue weighted by molar-refractivity contribution is 9.10. The molecule has 0 spiro atoms. The summed E-state index contributed by atoms with van der Waals surface area (Å²) >= 11 is 3.05. The predicted octanol–water partition coefficient (Wildman–Crippen LogP) is 1.42. The molecule has 0 aliphatic heterocycles. The Kier molecular flexibility index (Phi) is 1.88. The minimum atomic E-state index is -0.000231. The SMILES string of the molecule is N#Cc1cc(O)cnc1Br. The molecule has 3 nitrogen and oxygen atoms in total. The summed E-state index contributed by atoms with van der Waals surface area (Å²) in [5.74, 6) is -0.000231. The smallest absolute Gasteiger partial charge is 0.135 e. The van der Waals surface area contributed by atoms with Crippen LogP contribution in [0.15, 0.2) is 16.9 Å². The van der Waals surface area contributed by atoms with E-state index in [9.17, 15) is 0 Å². The largest absolute Gasteiger partial charge is 0.506 e. The highest BCUT2D eigenvalue weighted by atomic mass is 79.9. The van der Waals surface area contributed by atoms with Gasteiger partial charge in [-0.3, -0.25) is 0 Å². The second-order valence-electron chi connectivity index (χ2n) is 1.64. The van der Waals surface area contributed by atoms with E-state index in [4.69, 9.17) is 10.4 Å². The van der Waals surface area contributed by atoms with E-state index in [2.05, 4.69) is 20.9 Å². The number of halogens is 1. The molecule has 4 heteroatoms. The molecule has 1 heterocycles. The van der Waals surface area contributed by atoms with Crippen LogP contribution in [0.1, 0.15) is 5.56 Å². The monoisotopic (exact) mass is 198 g/mol. The third-order valence-electron chi connectivity index (χ3n) is 0.945. The molecule has 0 saturated carbocycles. The third-order valence-corrected chi connectivity index (χ3v) is 1.58. The zero-order valence-corrected chi connectivity index (χ0v) is 6.46. The lowest BCUT2D eigenvalue weighted by Crippen LogP contribution is -1.80. The first-order valence-corrected chi connectivity index (χ1v) is 3.28. The molecule has 0 amide bonds. The predicted molar refractivity (Wildman–Crippen MR) is 38.3 cm³/mol. The van der Waals surface area contributed by atoms with Gasteiger partial charge in [0.1, 0.15) is 16.4 Å². The van der Waals surface area contributed by atoms with E-state index in [1.54, 1.807) is 0 Å². The molecule has 0 fully saturated rings. The average Bonchev–Trinajstić information content (AvgIpc) is 1.94. The molecule has 1 aromatic heterocycles. The van der Waals surface area contributed by atoms with Crippen molar-refractivity contribution in [1.82, 2.24) is 4.98 Å². The number of hydrogen-bond acceptors (Lipinski definition) is 3. The van der Waals surface area contributed by atoms with Crippen LogP contribution in [0.2, 0.25) is 0 Å². The van der Waals surface area contributed by atoms with E-state index >= 15 is 0 Å². The molecule has 0 bridgehead atoms. The summed E-state index contributed by atoms with van der Waals surface area (Å²) in [6.45, 7) is 0. The molecule has 1 N–H and O–H groups in total. The van der Waals surface area contributed by atoms with Gasteiger partial charge in [0.2, 0.25) is 0 Å². The number of rotatable bonds is 0. The number of nitrogens with zero attached hydrogens (tertiary/aromatic N) is 2. The summed E-state index contributed by atoms with van der Waals surface area (Å²) in [6.07, 6.45) is 1.27. The second kappa shape index (κ2) is 2.67. The second-order valence-corrected chi connectivity index (χ2v) is 2.39. The van der Waals surface area contributed by atoms with Crippen molar-refractivity contribution >= 4 is 15.9 Å². The van der Waals surface area contributed by atoms with E-state index in [0.717, 1.165) is 0 Å². The van der Waals surface area contributed by atoms with Crippen LogP contribution in [-0.2, 0) is 0 Å². The number of hydrogen-bond donors (Lipinski definition) is 1. The fraction of sp³-hybridized carbons (Fsp3) is 0. The molecule has 1 aromatic rings. The molecule has 0 atom stereocenters. The first-order chi connectivity index (χ1) is 4.74. The van der Waals surface area contributed by atoms with Crippen molar-refractivity contribution in [2.75, 3.05) is 0 Å². The van der Waals surface area contributed by atoms with Crippen LogP contribution < -0.4 is 0 Å². The summed E-state index contributed by atoms with van der Waals surface area (Å²) in [4.78, 5) is 3.69. The Bertz CT molecular complexity index is 292. The molecule has 1 rings (SSSR count). The van der Waals surface area contributed by atoms with Gasteiger partial charge in [0.25, 0.3) is 0 Å². The van der Waals surface area contributed by atoms with Crippen molar-refractivity contribution in [3.63, 3.8) is 0 Å². The Labute approximate surface area is 66.1 Å². The van der Waals surface area contributed by atoms with Crippen LogP contribution in [0.25, 0.3) is 0 Å². The van der Waals surface area contributed by atoms with Crippen LogP contribution in [0.4, 0.5) is 0 Å². The number of aromatic nitrogens is 1. The molecule has 0 radical (unpaired) electrons. The Morgan fingerprint density at radius 3 is 2.90 bits per heavy atom. The van der Waals surface area contributed by atoms with Crippen molar-refractivity contribution < 1.29 is 5.11 Å². The van der Waals surface area contributed by atoms with Crippen molar-refractivity contribution in [3.05, 3.63) is 22.4 Å². The first-order valence-electron chi connectivity index (χ1n) is 2.48. The van der Waals surface area contributed by atoms with E-state index in [-0.39, 0.29) is 5.75 Å². The molecular weight excluding hydrogens is 196 g/mol. The molecular formula is C6H3BrN2O. The van der Waals surface area contributed by atoms with Gasteiger partial charge < -0.3 is 5.11 Å². The van der Waals surface area contributed by atoms with Crippen LogP contribution in [0.5, 0.6) is 5.75 Å². The van der Waals surface area contributed by atoms with Gasteiger partial charge in [0, 0.05) is 6.07 Å². The maximum atomic E-state index is 8.83. The standard InChI is InChI=1S/C6H3BrN2O/c7-6-4(2-8)1-5(10)3-9-6/h1,3,10H. The van der Waals surface area contributed by atoms with Crippen molar-refractivity contribution in [2.45, 2.75) is 0 Å². The number of pyridine rings is 1. The van der Waals surface area contributed by atoms with Crippen LogP contribution >= 0.6 is 15.9 Å². The molecule has 0 aliphatic rings. The topological polar surface area (TPSA) is 56.9 Å². The summed E-state index contributed by atoms with van der Waals surface area (Å²) in [5, 5.41) is 17.2. The fourth-order valence-corrected chi connectivity index (χ4v) is 0.821. The number of aromatic hydroxyl groups is 1. The van der Waals surface area contributed by atoms with Crippen molar-refractivity contribution in [2.24, 2.45) is 0 Å². The van der Waals surface area contributed by atoms with E-state index in [1.807, 2.05) is 6.07 Å². The van der Waals surface area contributed by atoms with E-state index in [0.29, 0.717) is 10.2 Å². The lowest BCUT2D eigenvalue weighted by Gasteiger charge is -1.92. The zero-order chi connectivity index (χ0) is 7.56. The van der Waals surface area contributed by atoms with Gasteiger partial charge in [-0.05, 0) is 15.9 Å². The molecule has 0 aromatic carbocycles. The lowest BCUT2D eigenvalue weighted by atomic mass is 10.3. The Morgan fingerprint density at radius 1 is 1.70 bits per heavy atom. The van der Waals surface area contributed by atoms with Gasteiger partial charge in [-0.1, -0.05) is 0 Å². The summed E-state index contributed by atoms with van der Waals surface area (Å²) in [6, 6.07) is 3.21. The highest BCUT2D eigenvalue weighted by Crippen LogP contribution is 2.16. The average molecular weight is 199 g/mol. The van der Waals surface area contributed by atoms with Gasteiger partial charge in [0.05, 0.1) is 11.8 Å². The first kappa shape index (κ1) is 7.03. The van der Waals surface area contributed by atoms with Crippen molar-refractivity contribution in [1.29, 1.82) is 5.26 Å². The molecule has 0 saturated heterocycles. The van der Waals surface area contributed by atoms with Crippen LogP contribution in [0, 0.1) is 11.3 Å².